The number of methoxy groups -OCH3 is 2. The molecule has 0 atom stereocenters. The third kappa shape index (κ3) is 4.94. The summed E-state index contributed by atoms with van der Waals surface area (Å²) in [6.45, 7) is 0. The molecule has 142 valence electrons. The first kappa shape index (κ1) is 20.2. The summed E-state index contributed by atoms with van der Waals surface area (Å²) in [4.78, 5) is -0.673. The number of nitrogens with one attached hydrogen (secondary N) is 1. The van der Waals surface area contributed by atoms with Crippen LogP contribution in [0.2, 0.25) is 0 Å². The average molecular weight is 456 g/mol. The number of alkyl halides is 3. The second-order valence-corrected chi connectivity index (χ2v) is 7.38. The van der Waals surface area contributed by atoms with Crippen LogP contribution >= 0.6 is 15.9 Å². The van der Waals surface area contributed by atoms with Crippen molar-refractivity contribution in [1.82, 2.24) is 0 Å². The van der Waals surface area contributed by atoms with Crippen LogP contribution in [0, 0.1) is 0 Å². The minimum Gasteiger partial charge on any atom is -0.493 e. The maximum Gasteiger partial charge on any atom is 0.573 e. The van der Waals surface area contributed by atoms with E-state index in [4.69, 9.17) is 9.47 Å². The van der Waals surface area contributed by atoms with Gasteiger partial charge < -0.3 is 14.2 Å². The Labute approximate surface area is 156 Å². The lowest BCUT2D eigenvalue weighted by molar-refractivity contribution is -0.275. The van der Waals surface area contributed by atoms with Gasteiger partial charge >= 0.3 is 6.36 Å². The molecular weight excluding hydrogens is 443 g/mol. The van der Waals surface area contributed by atoms with Crippen molar-refractivity contribution in [2.45, 2.75) is 11.3 Å². The van der Waals surface area contributed by atoms with Gasteiger partial charge in [-0.25, -0.2) is 8.42 Å². The van der Waals surface area contributed by atoms with E-state index >= 15 is 0 Å². The summed E-state index contributed by atoms with van der Waals surface area (Å²) in [5.41, 5.74) is 0.0727. The van der Waals surface area contributed by atoms with Crippen LogP contribution in [-0.4, -0.2) is 29.0 Å². The van der Waals surface area contributed by atoms with Crippen LogP contribution in [0.25, 0.3) is 0 Å². The molecule has 2 aromatic rings. The van der Waals surface area contributed by atoms with Crippen molar-refractivity contribution in [2.75, 3.05) is 18.9 Å². The van der Waals surface area contributed by atoms with E-state index in [0.717, 1.165) is 12.1 Å². The van der Waals surface area contributed by atoms with Crippen LogP contribution in [-0.2, 0) is 10.0 Å². The average Bonchev–Trinajstić information content (AvgIpc) is 2.52. The molecule has 0 fully saturated rings. The van der Waals surface area contributed by atoms with Crippen molar-refractivity contribution in [3.05, 3.63) is 40.9 Å². The Balaban J connectivity index is 2.42. The fraction of sp³-hybridized carbons (Fsp3) is 0.200. The summed E-state index contributed by atoms with van der Waals surface area (Å²) in [6.07, 6.45) is -5.05. The van der Waals surface area contributed by atoms with Crippen molar-refractivity contribution < 1.29 is 35.8 Å². The van der Waals surface area contributed by atoms with E-state index < -0.39 is 27.0 Å². The zero-order chi connectivity index (χ0) is 19.5. The number of ether oxygens (including phenoxy) is 3. The number of sulfonamides is 1. The first-order valence-electron chi connectivity index (χ1n) is 6.86. The first-order valence-corrected chi connectivity index (χ1v) is 9.13. The highest BCUT2D eigenvalue weighted by Crippen LogP contribution is 2.35. The van der Waals surface area contributed by atoms with E-state index in [2.05, 4.69) is 25.4 Å². The largest absolute Gasteiger partial charge is 0.573 e. The zero-order valence-electron chi connectivity index (χ0n) is 13.4. The van der Waals surface area contributed by atoms with Crippen LogP contribution < -0.4 is 18.9 Å². The molecule has 0 bridgehead atoms. The van der Waals surface area contributed by atoms with E-state index in [0.29, 0.717) is 5.75 Å². The molecule has 0 saturated heterocycles. The van der Waals surface area contributed by atoms with Gasteiger partial charge in [-0.05, 0) is 30.3 Å². The van der Waals surface area contributed by atoms with E-state index in [1.165, 1.54) is 38.5 Å². The maximum absolute atomic E-state index is 12.6. The lowest BCUT2D eigenvalue weighted by atomic mass is 10.3. The van der Waals surface area contributed by atoms with Crippen molar-refractivity contribution in [3.8, 4) is 17.2 Å². The van der Waals surface area contributed by atoms with Crippen LogP contribution in [0.1, 0.15) is 0 Å². The van der Waals surface area contributed by atoms with Gasteiger partial charge in [-0.15, -0.1) is 13.2 Å². The number of hydrogen-bond acceptors (Lipinski definition) is 5. The number of benzene rings is 2. The van der Waals surface area contributed by atoms with E-state index in [1.807, 2.05) is 0 Å². The van der Waals surface area contributed by atoms with Gasteiger partial charge in [0.1, 0.15) is 4.90 Å². The monoisotopic (exact) mass is 455 g/mol. The number of rotatable bonds is 6. The summed E-state index contributed by atoms with van der Waals surface area (Å²) in [6, 6.07) is 7.35. The quantitative estimate of drug-likeness (QED) is 0.707. The highest BCUT2D eigenvalue weighted by atomic mass is 79.9. The molecule has 0 heterocycles. The molecule has 2 rings (SSSR count). The smallest absolute Gasteiger partial charge is 0.493 e. The molecule has 0 saturated carbocycles. The number of halogens is 4. The molecular formula is C15H13BrF3NO5S. The normalized spacial score (nSPS) is 11.8. The van der Waals surface area contributed by atoms with Crippen LogP contribution in [0.5, 0.6) is 17.2 Å². The molecule has 0 aliphatic heterocycles. The zero-order valence-corrected chi connectivity index (χ0v) is 15.8. The highest BCUT2D eigenvalue weighted by Gasteiger charge is 2.34. The summed E-state index contributed by atoms with van der Waals surface area (Å²) in [5.74, 6) is -0.254. The third-order valence-electron chi connectivity index (χ3n) is 3.06. The number of anilines is 1. The Morgan fingerprint density at radius 1 is 0.962 bits per heavy atom. The standard InChI is InChI=1S/C15H13BrF3NO5S/c1-23-11-5-4-10(8-12(11)24-2)20-26(21,22)14-6-3-9(16)7-13(14)25-15(17,18)19/h3-8,20H,1-2H3. The molecule has 6 nitrogen and oxygen atoms in total. The third-order valence-corrected chi connectivity index (χ3v) is 4.97. The maximum atomic E-state index is 12.6. The van der Waals surface area contributed by atoms with Crippen molar-refractivity contribution in [3.63, 3.8) is 0 Å². The predicted molar refractivity (Wildman–Crippen MR) is 91.2 cm³/mol. The molecule has 0 aliphatic rings. The van der Waals surface area contributed by atoms with Gasteiger partial charge in [0, 0.05) is 10.5 Å². The van der Waals surface area contributed by atoms with Gasteiger partial charge in [-0.3, -0.25) is 4.72 Å². The van der Waals surface area contributed by atoms with E-state index in [1.54, 1.807) is 0 Å². The highest BCUT2D eigenvalue weighted by molar-refractivity contribution is 9.10. The minimum atomic E-state index is -5.05. The Morgan fingerprint density at radius 2 is 1.62 bits per heavy atom. The van der Waals surface area contributed by atoms with Crippen molar-refractivity contribution in [1.29, 1.82) is 0 Å². The van der Waals surface area contributed by atoms with Gasteiger partial charge in [0.25, 0.3) is 10.0 Å². The van der Waals surface area contributed by atoms with E-state index in [9.17, 15) is 21.6 Å². The molecule has 0 radical (unpaired) electrons. The van der Waals surface area contributed by atoms with Gasteiger partial charge in [-0.1, -0.05) is 15.9 Å². The fourth-order valence-electron chi connectivity index (χ4n) is 2.02. The second kappa shape index (κ2) is 7.62. The minimum absolute atomic E-state index is 0.0727. The van der Waals surface area contributed by atoms with Gasteiger partial charge in [-0.2, -0.15) is 0 Å². The predicted octanol–water partition coefficient (Wildman–Crippen LogP) is 4.17. The second-order valence-electron chi connectivity index (χ2n) is 4.81. The lowest BCUT2D eigenvalue weighted by Gasteiger charge is -2.15. The summed E-state index contributed by atoms with van der Waals surface area (Å²) >= 11 is 2.98. The first-order chi connectivity index (χ1) is 12.1. The van der Waals surface area contributed by atoms with Gasteiger partial charge in [0.2, 0.25) is 0 Å². The van der Waals surface area contributed by atoms with Crippen LogP contribution in [0.15, 0.2) is 45.8 Å². The van der Waals surface area contributed by atoms with Crippen LogP contribution in [0.3, 0.4) is 0 Å². The molecule has 0 spiro atoms. The molecule has 0 aromatic heterocycles. The molecule has 0 amide bonds. The molecule has 0 aliphatic carbocycles. The topological polar surface area (TPSA) is 73.9 Å². The Bertz CT molecular complexity index is 903. The SMILES string of the molecule is COc1ccc(NS(=O)(=O)c2ccc(Br)cc2OC(F)(F)F)cc1OC. The molecule has 1 N–H and O–H groups in total. The van der Waals surface area contributed by atoms with Crippen LogP contribution in [0.4, 0.5) is 18.9 Å². The van der Waals surface area contributed by atoms with Crippen molar-refractivity contribution in [2.24, 2.45) is 0 Å². The lowest BCUT2D eigenvalue weighted by Crippen LogP contribution is -2.21. The Kier molecular flexibility index (Phi) is 5.91. The van der Waals surface area contributed by atoms with Crippen molar-refractivity contribution >= 4 is 31.6 Å². The molecule has 0 unspecified atom stereocenters. The summed E-state index contributed by atoms with van der Waals surface area (Å²) in [5, 5.41) is 0. The molecule has 2 aromatic carbocycles. The Morgan fingerprint density at radius 3 is 2.19 bits per heavy atom. The summed E-state index contributed by atoms with van der Waals surface area (Å²) < 4.78 is 79.1. The summed E-state index contributed by atoms with van der Waals surface area (Å²) in [7, 11) is -1.60. The van der Waals surface area contributed by atoms with E-state index in [-0.39, 0.29) is 15.9 Å². The molecule has 11 heteroatoms. The Hall–Kier alpha value is -2.14. The fourth-order valence-corrected chi connectivity index (χ4v) is 3.52. The van der Waals surface area contributed by atoms with Gasteiger partial charge in [0.05, 0.1) is 19.9 Å². The number of hydrogen-bond donors (Lipinski definition) is 1. The molecule has 26 heavy (non-hydrogen) atoms. The van der Waals surface area contributed by atoms with Gasteiger partial charge in [0.15, 0.2) is 17.2 Å².